The minimum atomic E-state index is -0.551. The van der Waals surface area contributed by atoms with Crippen LogP contribution in [0.15, 0.2) is 12.1 Å². The Hall–Kier alpha value is -1.58. The molecule has 0 fully saturated rings. The summed E-state index contributed by atoms with van der Waals surface area (Å²) in [5, 5.41) is 0. The van der Waals surface area contributed by atoms with E-state index in [1.54, 1.807) is 13.8 Å². The van der Waals surface area contributed by atoms with Gasteiger partial charge in [0, 0.05) is 0 Å². The third-order valence-corrected chi connectivity index (χ3v) is 1.79. The molecule has 0 spiro atoms. The van der Waals surface area contributed by atoms with Gasteiger partial charge < -0.3 is 10.5 Å². The van der Waals surface area contributed by atoms with Crippen molar-refractivity contribution in [1.82, 2.24) is 0 Å². The van der Waals surface area contributed by atoms with E-state index in [1.807, 2.05) is 0 Å². The van der Waals surface area contributed by atoms with Crippen molar-refractivity contribution >= 4 is 5.91 Å². The van der Waals surface area contributed by atoms with Gasteiger partial charge in [-0.1, -0.05) is 0 Å². The number of benzene rings is 1. The molecule has 2 N–H and O–H groups in total. The number of carbonyl (C=O) groups excluding carboxylic acids is 1. The summed E-state index contributed by atoms with van der Waals surface area (Å²) >= 11 is 0. The highest BCUT2D eigenvalue weighted by molar-refractivity contribution is 5.75. The van der Waals surface area contributed by atoms with E-state index in [2.05, 4.69) is 0 Å². The molecule has 0 unspecified atom stereocenters. The molecule has 0 saturated heterocycles. The maximum absolute atomic E-state index is 13.2. The first-order valence-electron chi connectivity index (χ1n) is 4.18. The van der Waals surface area contributed by atoms with Crippen molar-refractivity contribution in [3.05, 3.63) is 29.1 Å². The monoisotopic (exact) mass is 197 g/mol. The van der Waals surface area contributed by atoms with Crippen LogP contribution in [0, 0.1) is 19.7 Å². The average Bonchev–Trinajstić information content (AvgIpc) is 2.10. The van der Waals surface area contributed by atoms with Crippen LogP contribution in [0.5, 0.6) is 5.75 Å². The van der Waals surface area contributed by atoms with Gasteiger partial charge in [-0.15, -0.1) is 0 Å². The van der Waals surface area contributed by atoms with Gasteiger partial charge in [-0.3, -0.25) is 4.79 Å². The molecule has 3 nitrogen and oxygen atoms in total. The van der Waals surface area contributed by atoms with E-state index in [1.165, 1.54) is 12.1 Å². The number of aryl methyl sites for hydroxylation is 2. The maximum atomic E-state index is 13.2. The summed E-state index contributed by atoms with van der Waals surface area (Å²) in [6.45, 7) is 3.09. The minimum Gasteiger partial charge on any atom is -0.484 e. The molecule has 1 amide bonds. The van der Waals surface area contributed by atoms with Crippen LogP contribution in [0.4, 0.5) is 4.39 Å². The molecular weight excluding hydrogens is 185 g/mol. The van der Waals surface area contributed by atoms with Gasteiger partial charge in [0.2, 0.25) is 0 Å². The van der Waals surface area contributed by atoms with Crippen LogP contribution in [0.2, 0.25) is 0 Å². The summed E-state index contributed by atoms with van der Waals surface area (Å²) in [5.74, 6) is -0.346. The van der Waals surface area contributed by atoms with Crippen molar-refractivity contribution < 1.29 is 13.9 Å². The third kappa shape index (κ3) is 2.45. The van der Waals surface area contributed by atoms with Gasteiger partial charge in [0.05, 0.1) is 0 Å². The predicted octanol–water partition coefficient (Wildman–Crippen LogP) is 1.31. The molecule has 0 aromatic heterocycles. The number of amides is 1. The van der Waals surface area contributed by atoms with E-state index in [9.17, 15) is 9.18 Å². The van der Waals surface area contributed by atoms with E-state index >= 15 is 0 Å². The average molecular weight is 197 g/mol. The summed E-state index contributed by atoms with van der Waals surface area (Å²) in [7, 11) is 0. The summed E-state index contributed by atoms with van der Waals surface area (Å²) in [6, 6.07) is 3.07. The lowest BCUT2D eigenvalue weighted by atomic mass is 10.1. The SMILES string of the molecule is Cc1cc(OCC(N)=O)cc(C)c1F. The van der Waals surface area contributed by atoms with Crippen molar-refractivity contribution in [3.8, 4) is 5.75 Å². The second-order valence-electron chi connectivity index (χ2n) is 3.13. The second kappa shape index (κ2) is 4.09. The predicted molar refractivity (Wildman–Crippen MR) is 50.6 cm³/mol. The molecule has 0 aliphatic rings. The molecule has 76 valence electrons. The highest BCUT2D eigenvalue weighted by Crippen LogP contribution is 2.20. The Morgan fingerprint density at radius 3 is 2.36 bits per heavy atom. The number of halogens is 1. The van der Waals surface area contributed by atoms with Crippen LogP contribution in [-0.2, 0) is 4.79 Å². The smallest absolute Gasteiger partial charge is 0.255 e. The Morgan fingerprint density at radius 2 is 1.93 bits per heavy atom. The summed E-state index contributed by atoms with van der Waals surface area (Å²) < 4.78 is 18.2. The highest BCUT2D eigenvalue weighted by Gasteiger charge is 2.05. The fraction of sp³-hybridized carbons (Fsp3) is 0.300. The van der Waals surface area contributed by atoms with Gasteiger partial charge in [-0.2, -0.15) is 0 Å². The summed E-state index contributed by atoms with van der Waals surface area (Å²) in [5.41, 5.74) is 5.89. The molecule has 0 atom stereocenters. The standard InChI is InChI=1S/C10H12FNO2/c1-6-3-8(14-5-9(12)13)4-7(2)10(6)11/h3-4H,5H2,1-2H3,(H2,12,13). The first-order valence-corrected chi connectivity index (χ1v) is 4.18. The van der Waals surface area contributed by atoms with Gasteiger partial charge in [0.1, 0.15) is 11.6 Å². The van der Waals surface area contributed by atoms with Gasteiger partial charge >= 0.3 is 0 Å². The first-order chi connectivity index (χ1) is 6.50. The lowest BCUT2D eigenvalue weighted by Crippen LogP contribution is -2.20. The van der Waals surface area contributed by atoms with Crippen molar-refractivity contribution in [2.75, 3.05) is 6.61 Å². The third-order valence-electron chi connectivity index (χ3n) is 1.79. The molecule has 1 rings (SSSR count). The Morgan fingerprint density at radius 1 is 1.43 bits per heavy atom. The molecule has 0 aliphatic heterocycles. The number of hydrogen-bond acceptors (Lipinski definition) is 2. The van der Waals surface area contributed by atoms with Gasteiger partial charge in [-0.05, 0) is 37.1 Å². The molecule has 0 saturated carbocycles. The van der Waals surface area contributed by atoms with Crippen molar-refractivity contribution in [3.63, 3.8) is 0 Å². The fourth-order valence-corrected chi connectivity index (χ4v) is 1.14. The lowest BCUT2D eigenvalue weighted by Gasteiger charge is -2.07. The van der Waals surface area contributed by atoms with Crippen LogP contribution in [0.3, 0.4) is 0 Å². The molecule has 4 heteroatoms. The van der Waals surface area contributed by atoms with Gasteiger partial charge in [0.15, 0.2) is 6.61 Å². The molecule has 0 bridgehead atoms. The van der Waals surface area contributed by atoms with E-state index in [0.29, 0.717) is 16.9 Å². The zero-order valence-corrected chi connectivity index (χ0v) is 8.13. The van der Waals surface area contributed by atoms with Crippen molar-refractivity contribution in [2.45, 2.75) is 13.8 Å². The quantitative estimate of drug-likeness (QED) is 0.794. The lowest BCUT2D eigenvalue weighted by molar-refractivity contribution is -0.119. The van der Waals surface area contributed by atoms with Gasteiger partial charge in [0.25, 0.3) is 5.91 Å². The molecular formula is C10H12FNO2. The first kappa shape index (κ1) is 10.5. The Bertz CT molecular complexity index is 340. The van der Waals surface area contributed by atoms with Gasteiger partial charge in [-0.25, -0.2) is 4.39 Å². The largest absolute Gasteiger partial charge is 0.484 e. The molecule has 0 radical (unpaired) electrons. The molecule has 1 aromatic rings. The van der Waals surface area contributed by atoms with E-state index in [4.69, 9.17) is 10.5 Å². The van der Waals surface area contributed by atoms with Crippen molar-refractivity contribution in [1.29, 1.82) is 0 Å². The summed E-state index contributed by atoms with van der Waals surface area (Å²) in [6.07, 6.45) is 0. The Balaban J connectivity index is 2.84. The summed E-state index contributed by atoms with van der Waals surface area (Å²) in [4.78, 5) is 10.4. The molecule has 14 heavy (non-hydrogen) atoms. The molecule has 0 aliphatic carbocycles. The van der Waals surface area contributed by atoms with Crippen LogP contribution in [0.1, 0.15) is 11.1 Å². The number of nitrogens with two attached hydrogens (primary N) is 1. The second-order valence-corrected chi connectivity index (χ2v) is 3.13. The maximum Gasteiger partial charge on any atom is 0.255 e. The van der Waals surface area contributed by atoms with Crippen LogP contribution in [-0.4, -0.2) is 12.5 Å². The Labute approximate surface area is 81.7 Å². The zero-order chi connectivity index (χ0) is 10.7. The zero-order valence-electron chi connectivity index (χ0n) is 8.13. The van der Waals surface area contributed by atoms with Crippen LogP contribution < -0.4 is 10.5 Å². The van der Waals surface area contributed by atoms with E-state index in [0.717, 1.165) is 0 Å². The normalized spacial score (nSPS) is 9.93. The molecule has 0 heterocycles. The minimum absolute atomic E-state index is 0.190. The highest BCUT2D eigenvalue weighted by atomic mass is 19.1. The van der Waals surface area contributed by atoms with E-state index < -0.39 is 5.91 Å². The van der Waals surface area contributed by atoms with Crippen LogP contribution >= 0.6 is 0 Å². The Kier molecular flexibility index (Phi) is 3.06. The molecule has 1 aromatic carbocycles. The van der Waals surface area contributed by atoms with Crippen molar-refractivity contribution in [2.24, 2.45) is 5.73 Å². The number of carbonyl (C=O) groups is 1. The number of primary amides is 1. The van der Waals surface area contributed by atoms with Crippen LogP contribution in [0.25, 0.3) is 0 Å². The topological polar surface area (TPSA) is 52.3 Å². The number of hydrogen-bond donors (Lipinski definition) is 1. The number of ether oxygens (including phenoxy) is 1. The fourth-order valence-electron chi connectivity index (χ4n) is 1.14. The number of rotatable bonds is 3. The van der Waals surface area contributed by atoms with E-state index in [-0.39, 0.29) is 12.4 Å².